The van der Waals surface area contributed by atoms with Crippen molar-refractivity contribution in [3.8, 4) is 74.1 Å². The van der Waals surface area contributed by atoms with E-state index in [-0.39, 0.29) is 0 Å². The summed E-state index contributed by atoms with van der Waals surface area (Å²) in [6.45, 7) is 0. The molecule has 0 saturated carbocycles. The standard InChI is InChI=1S/C18H6/c1-7-13-14(8-2)16(10-4)18(12-6)17(11-5)15(13)9-3/h1-6H. The van der Waals surface area contributed by atoms with Gasteiger partial charge in [-0.15, -0.1) is 38.5 Å². The predicted octanol–water partition coefficient (Wildman–Crippen LogP) is 1.57. The molecule has 0 bridgehead atoms. The molecule has 0 heteroatoms. The Bertz CT molecular complexity index is 576. The fraction of sp³-hybridized carbons (Fsp3) is 0. The molecule has 0 amide bonds. The van der Waals surface area contributed by atoms with E-state index in [1.54, 1.807) is 0 Å². The zero-order valence-corrected chi connectivity index (χ0v) is 9.46. The van der Waals surface area contributed by atoms with Crippen LogP contribution in [-0.2, 0) is 0 Å². The van der Waals surface area contributed by atoms with Gasteiger partial charge in [-0.2, -0.15) is 0 Å². The van der Waals surface area contributed by atoms with Crippen LogP contribution < -0.4 is 0 Å². The van der Waals surface area contributed by atoms with Gasteiger partial charge < -0.3 is 0 Å². The van der Waals surface area contributed by atoms with Gasteiger partial charge in [0.1, 0.15) is 0 Å². The molecule has 0 fully saturated rings. The Morgan fingerprint density at radius 2 is 0.444 bits per heavy atom. The van der Waals surface area contributed by atoms with E-state index in [1.807, 2.05) is 0 Å². The molecule has 1 rings (SSSR count). The van der Waals surface area contributed by atoms with E-state index < -0.39 is 0 Å². The molecule has 0 aliphatic carbocycles. The first kappa shape index (κ1) is 12.6. The molecule has 0 saturated heterocycles. The van der Waals surface area contributed by atoms with Crippen molar-refractivity contribution in [3.05, 3.63) is 33.4 Å². The molecule has 0 aliphatic rings. The summed E-state index contributed by atoms with van der Waals surface area (Å²) in [5.41, 5.74) is 2.00. The molecule has 1 aromatic carbocycles. The van der Waals surface area contributed by atoms with Crippen molar-refractivity contribution in [2.45, 2.75) is 0 Å². The Balaban J connectivity index is 4.21. The van der Waals surface area contributed by atoms with E-state index in [2.05, 4.69) is 35.5 Å². The number of hydrogen-bond acceptors (Lipinski definition) is 0. The highest BCUT2D eigenvalue weighted by atomic mass is 14.2. The minimum absolute atomic E-state index is 0.333. The summed E-state index contributed by atoms with van der Waals surface area (Å²) in [6, 6.07) is 0. The number of benzene rings is 1. The molecule has 0 aromatic heterocycles. The first-order valence-electron chi connectivity index (χ1n) is 4.73. The normalized spacial score (nSPS) is 7.67. The van der Waals surface area contributed by atoms with Crippen LogP contribution in [0.1, 0.15) is 33.4 Å². The zero-order chi connectivity index (χ0) is 13.7. The van der Waals surface area contributed by atoms with Crippen LogP contribution in [0.4, 0.5) is 0 Å². The predicted molar refractivity (Wildman–Crippen MR) is 74.1 cm³/mol. The lowest BCUT2D eigenvalue weighted by Gasteiger charge is -2.11. The van der Waals surface area contributed by atoms with Crippen molar-refractivity contribution in [1.82, 2.24) is 0 Å². The molecular weight excluding hydrogens is 216 g/mol. The summed E-state index contributed by atoms with van der Waals surface area (Å²) in [5.74, 6) is 14.5. The van der Waals surface area contributed by atoms with Crippen molar-refractivity contribution in [3.63, 3.8) is 0 Å². The van der Waals surface area contributed by atoms with Gasteiger partial charge in [-0.05, 0) is 0 Å². The molecule has 0 nitrogen and oxygen atoms in total. The van der Waals surface area contributed by atoms with Crippen LogP contribution in [0.25, 0.3) is 0 Å². The van der Waals surface area contributed by atoms with Crippen molar-refractivity contribution in [2.75, 3.05) is 0 Å². The number of rotatable bonds is 0. The van der Waals surface area contributed by atoms with Gasteiger partial charge in [0.25, 0.3) is 0 Å². The fourth-order valence-electron chi connectivity index (χ4n) is 1.62. The number of hydrogen-bond donors (Lipinski definition) is 0. The molecule has 0 spiro atoms. The first-order valence-corrected chi connectivity index (χ1v) is 4.73. The third kappa shape index (κ3) is 1.59. The summed E-state index contributed by atoms with van der Waals surface area (Å²) in [5, 5.41) is 0. The monoisotopic (exact) mass is 222 g/mol. The molecule has 0 N–H and O–H groups in total. The average molecular weight is 222 g/mol. The van der Waals surface area contributed by atoms with Crippen molar-refractivity contribution in [2.24, 2.45) is 0 Å². The highest BCUT2D eigenvalue weighted by molar-refractivity contribution is 5.75. The smallest absolute Gasteiger partial charge is 0.0581 e. The second kappa shape index (κ2) is 5.07. The van der Waals surface area contributed by atoms with Crippen LogP contribution in [0.15, 0.2) is 0 Å². The topological polar surface area (TPSA) is 0 Å². The molecule has 0 radical (unpaired) electrons. The summed E-state index contributed by atoms with van der Waals surface area (Å²) in [4.78, 5) is 0. The SMILES string of the molecule is C#Cc1c(C#C)c(C#C)c(C#C)c(C#C)c1C#C. The maximum absolute atomic E-state index is 5.41. The van der Waals surface area contributed by atoms with Gasteiger partial charge in [0.15, 0.2) is 0 Å². The molecule has 0 atom stereocenters. The zero-order valence-electron chi connectivity index (χ0n) is 9.46. The largest absolute Gasteiger partial charge is 0.115 e. The highest BCUT2D eigenvalue weighted by Gasteiger charge is 2.18. The minimum Gasteiger partial charge on any atom is -0.115 e. The van der Waals surface area contributed by atoms with Crippen LogP contribution in [0.5, 0.6) is 0 Å². The first-order chi connectivity index (χ1) is 8.69. The van der Waals surface area contributed by atoms with E-state index in [0.29, 0.717) is 33.4 Å². The van der Waals surface area contributed by atoms with Gasteiger partial charge in [0.2, 0.25) is 0 Å². The molecule has 78 valence electrons. The summed E-state index contributed by atoms with van der Waals surface area (Å²) in [7, 11) is 0. The van der Waals surface area contributed by atoms with Crippen molar-refractivity contribution < 1.29 is 0 Å². The van der Waals surface area contributed by atoms with Crippen LogP contribution in [-0.4, -0.2) is 0 Å². The van der Waals surface area contributed by atoms with Gasteiger partial charge in [-0.1, -0.05) is 35.5 Å². The molecule has 18 heavy (non-hydrogen) atoms. The van der Waals surface area contributed by atoms with Gasteiger partial charge in [-0.25, -0.2) is 0 Å². The van der Waals surface area contributed by atoms with E-state index in [1.165, 1.54) is 0 Å². The van der Waals surface area contributed by atoms with E-state index in [0.717, 1.165) is 0 Å². The van der Waals surface area contributed by atoms with Gasteiger partial charge in [0.05, 0.1) is 33.4 Å². The van der Waals surface area contributed by atoms with Crippen LogP contribution >= 0.6 is 0 Å². The number of terminal acetylenes is 6. The van der Waals surface area contributed by atoms with E-state index >= 15 is 0 Å². The molecule has 1 aromatic rings. The second-order valence-electron chi connectivity index (χ2n) is 3.12. The maximum Gasteiger partial charge on any atom is 0.0581 e. The minimum atomic E-state index is 0.333. The van der Waals surface area contributed by atoms with Gasteiger partial charge in [0, 0.05) is 0 Å². The Kier molecular flexibility index (Phi) is 3.57. The lowest BCUT2D eigenvalue weighted by atomic mass is 9.87. The van der Waals surface area contributed by atoms with E-state index in [4.69, 9.17) is 38.5 Å². The van der Waals surface area contributed by atoms with Crippen LogP contribution in [0, 0.1) is 74.1 Å². The summed E-state index contributed by atoms with van der Waals surface area (Å²) < 4.78 is 0. The quantitative estimate of drug-likeness (QED) is 0.585. The second-order valence-corrected chi connectivity index (χ2v) is 3.12. The molecule has 0 unspecified atom stereocenters. The van der Waals surface area contributed by atoms with Gasteiger partial charge >= 0.3 is 0 Å². The third-order valence-electron chi connectivity index (χ3n) is 2.37. The van der Waals surface area contributed by atoms with Crippen LogP contribution in [0.3, 0.4) is 0 Å². The molecule has 0 heterocycles. The lowest BCUT2D eigenvalue weighted by Crippen LogP contribution is -2.03. The molecular formula is C18H6. The third-order valence-corrected chi connectivity index (χ3v) is 2.37. The van der Waals surface area contributed by atoms with Crippen molar-refractivity contribution in [1.29, 1.82) is 0 Å². The Morgan fingerprint density at radius 3 is 0.500 bits per heavy atom. The lowest BCUT2D eigenvalue weighted by molar-refractivity contribution is 1.44. The average Bonchev–Trinajstić information content (AvgIpc) is 2.43. The Morgan fingerprint density at radius 1 is 0.333 bits per heavy atom. The van der Waals surface area contributed by atoms with Crippen LogP contribution in [0.2, 0.25) is 0 Å². The fourth-order valence-corrected chi connectivity index (χ4v) is 1.62. The van der Waals surface area contributed by atoms with E-state index in [9.17, 15) is 0 Å². The Hall–Kier alpha value is -3.42. The summed E-state index contributed by atoms with van der Waals surface area (Å²) in [6.07, 6.45) is 32.5. The van der Waals surface area contributed by atoms with Gasteiger partial charge in [-0.3, -0.25) is 0 Å². The summed E-state index contributed by atoms with van der Waals surface area (Å²) >= 11 is 0. The highest BCUT2D eigenvalue weighted by Crippen LogP contribution is 2.26. The Labute approximate surface area is 108 Å². The molecule has 0 aliphatic heterocycles. The maximum atomic E-state index is 5.41. The van der Waals surface area contributed by atoms with Crippen molar-refractivity contribution >= 4 is 0 Å².